The van der Waals surface area contributed by atoms with Crippen molar-refractivity contribution >= 4 is 15.8 Å². The van der Waals surface area contributed by atoms with Crippen molar-refractivity contribution in [2.75, 3.05) is 92.8 Å². The van der Waals surface area contributed by atoms with Crippen LogP contribution < -0.4 is 0 Å². The molecule has 0 aromatic carbocycles. The average molecular weight is 340 g/mol. The fourth-order valence-electron chi connectivity index (χ4n) is 2.48. The highest BCUT2D eigenvalue weighted by Gasteiger charge is 2.32. The molecule has 21 heavy (non-hydrogen) atoms. The number of hydrogen-bond acceptors (Lipinski definition) is 4. The molecule has 0 bridgehead atoms. The molecule has 0 amide bonds. The van der Waals surface area contributed by atoms with Gasteiger partial charge in [-0.15, -0.1) is 15.8 Å². The Morgan fingerprint density at radius 1 is 0.667 bits per heavy atom. The van der Waals surface area contributed by atoms with Crippen LogP contribution in [-0.2, 0) is 18.9 Å². The minimum atomic E-state index is 0.0200. The average Bonchev–Trinajstić information content (AvgIpc) is 2.38. The predicted octanol–water partition coefficient (Wildman–Crippen LogP) is 2.78. The number of ether oxygens (including phenoxy) is 4. The Balaban J connectivity index is 4.59. The highest BCUT2D eigenvalue weighted by molar-refractivity contribution is 7.57. The normalized spacial score (nSPS) is 12.6. The van der Waals surface area contributed by atoms with E-state index in [1.807, 2.05) is 0 Å². The van der Waals surface area contributed by atoms with Gasteiger partial charge in [0.2, 0.25) is 0 Å². The summed E-state index contributed by atoms with van der Waals surface area (Å²) in [6.45, 7) is 13.5. The molecule has 4 nitrogen and oxygen atoms in total. The lowest BCUT2D eigenvalue weighted by Crippen LogP contribution is -2.39. The monoisotopic (exact) mass is 340 g/mol. The van der Waals surface area contributed by atoms with E-state index in [1.54, 1.807) is 14.2 Å². The fraction of sp³-hybridized carbons (Fsp3) is 1.00. The van der Waals surface area contributed by atoms with E-state index in [4.69, 9.17) is 18.9 Å². The minimum Gasteiger partial charge on any atom is -0.382 e. The van der Waals surface area contributed by atoms with Gasteiger partial charge in [-0.3, -0.25) is 0 Å². The van der Waals surface area contributed by atoms with Crippen LogP contribution in [0.1, 0.15) is 0 Å². The van der Waals surface area contributed by atoms with E-state index in [2.05, 4.69) is 26.7 Å². The third-order valence-electron chi connectivity index (χ3n) is 2.98. The van der Waals surface area contributed by atoms with E-state index < -0.39 is 0 Å². The molecule has 0 atom stereocenters. The van der Waals surface area contributed by atoms with Crippen LogP contribution in [0.5, 0.6) is 0 Å². The Labute approximate surface area is 133 Å². The Kier molecular flexibility index (Phi) is 13.6. The molecule has 0 aromatic rings. The maximum atomic E-state index is 5.88. The molecule has 6 heteroatoms. The quantitative estimate of drug-likeness (QED) is 0.360. The molecule has 0 saturated heterocycles. The summed E-state index contributed by atoms with van der Waals surface area (Å²) in [6, 6.07) is 0. The molecule has 0 rings (SSSR count). The lowest BCUT2D eigenvalue weighted by molar-refractivity contribution is -0.0222. The second-order valence-corrected chi connectivity index (χ2v) is 11.0. The molecule has 0 aliphatic rings. The maximum absolute atomic E-state index is 5.88. The molecule has 0 fully saturated rings. The molecule has 0 spiro atoms. The van der Waals surface area contributed by atoms with Gasteiger partial charge in [-0.05, 0) is 39.0 Å². The van der Waals surface area contributed by atoms with Crippen molar-refractivity contribution in [3.05, 3.63) is 0 Å². The summed E-state index contributed by atoms with van der Waals surface area (Å²) in [7, 11) is 3.45. The van der Waals surface area contributed by atoms with Gasteiger partial charge in [-0.2, -0.15) is 0 Å². The van der Waals surface area contributed by atoms with Crippen molar-refractivity contribution in [1.82, 2.24) is 0 Å². The Hall–Kier alpha value is 0.700. The van der Waals surface area contributed by atoms with Gasteiger partial charge in [-0.25, -0.2) is 0 Å². The van der Waals surface area contributed by atoms with Gasteiger partial charge in [0, 0.05) is 19.6 Å². The van der Waals surface area contributed by atoms with Crippen LogP contribution in [-0.4, -0.2) is 92.8 Å². The Morgan fingerprint density at radius 3 is 1.33 bits per heavy atom. The van der Waals surface area contributed by atoms with Crippen LogP contribution in [0, 0.1) is 5.41 Å². The lowest BCUT2D eigenvalue weighted by Gasteiger charge is -2.36. The summed E-state index contributed by atoms with van der Waals surface area (Å²) in [5, 5.41) is 0. The van der Waals surface area contributed by atoms with Crippen molar-refractivity contribution in [2.24, 2.45) is 5.41 Å². The largest absolute Gasteiger partial charge is 0.382 e. The third-order valence-corrected chi connectivity index (χ3v) is 5.59. The first-order valence-electron chi connectivity index (χ1n) is 7.38. The molecule has 0 radical (unpaired) electrons. The molecule has 0 aliphatic carbocycles. The summed E-state index contributed by atoms with van der Waals surface area (Å²) in [5.41, 5.74) is 0.145. The fourth-order valence-corrected chi connectivity index (χ4v) is 5.93. The highest BCUT2D eigenvalue weighted by atomic mass is 31.1. The number of methoxy groups -OCH3 is 2. The summed E-state index contributed by atoms with van der Waals surface area (Å²) < 4.78 is 21.9. The third kappa shape index (κ3) is 11.9. The van der Waals surface area contributed by atoms with Gasteiger partial charge in [0.05, 0.1) is 39.6 Å². The van der Waals surface area contributed by atoms with Crippen LogP contribution in [0.25, 0.3) is 0 Å². The second-order valence-electron chi connectivity index (χ2n) is 6.07. The van der Waals surface area contributed by atoms with Crippen LogP contribution in [0.15, 0.2) is 0 Å². The van der Waals surface area contributed by atoms with Gasteiger partial charge >= 0.3 is 0 Å². The molecular formula is C15H34O4P2. The van der Waals surface area contributed by atoms with Crippen molar-refractivity contribution in [3.8, 4) is 0 Å². The van der Waals surface area contributed by atoms with Crippen LogP contribution in [0.3, 0.4) is 0 Å². The molecule has 0 saturated carbocycles. The van der Waals surface area contributed by atoms with Gasteiger partial charge in [0.1, 0.15) is 0 Å². The lowest BCUT2D eigenvalue weighted by atomic mass is 9.95. The first-order valence-corrected chi connectivity index (χ1v) is 12.2. The topological polar surface area (TPSA) is 36.9 Å². The van der Waals surface area contributed by atoms with Crippen molar-refractivity contribution in [2.45, 2.75) is 0 Å². The van der Waals surface area contributed by atoms with E-state index in [9.17, 15) is 0 Å². The van der Waals surface area contributed by atoms with Crippen LogP contribution >= 0.6 is 15.8 Å². The Bertz CT molecular complexity index is 214. The summed E-state index contributed by atoms with van der Waals surface area (Å²) >= 11 is 0. The zero-order valence-corrected chi connectivity index (χ0v) is 16.5. The first kappa shape index (κ1) is 21.7. The maximum Gasteiger partial charge on any atom is 0.0700 e. The molecule has 0 N–H and O–H groups in total. The van der Waals surface area contributed by atoms with Crippen molar-refractivity contribution in [1.29, 1.82) is 0 Å². The van der Waals surface area contributed by atoms with E-state index in [0.29, 0.717) is 26.4 Å². The van der Waals surface area contributed by atoms with E-state index in [1.165, 1.54) is 12.3 Å². The molecule has 0 aliphatic heterocycles. The van der Waals surface area contributed by atoms with E-state index in [0.717, 1.165) is 13.2 Å². The number of rotatable bonds is 14. The van der Waals surface area contributed by atoms with Crippen LogP contribution in [0.2, 0.25) is 0 Å². The smallest absolute Gasteiger partial charge is 0.0700 e. The standard InChI is InChI=1S/C15H34O4P2/c1-16-7-9-18-11-15(13-20(3)4,14-21(5)6)12-19-10-8-17-2/h7-14H2,1-6H3. The zero-order valence-electron chi connectivity index (χ0n) is 14.7. The molecule has 0 aromatic heterocycles. The van der Waals surface area contributed by atoms with Gasteiger partial charge in [0.25, 0.3) is 0 Å². The highest BCUT2D eigenvalue weighted by Crippen LogP contribution is 2.42. The van der Waals surface area contributed by atoms with E-state index >= 15 is 0 Å². The van der Waals surface area contributed by atoms with Gasteiger partial charge in [0.15, 0.2) is 0 Å². The van der Waals surface area contributed by atoms with Gasteiger partial charge in [-0.1, -0.05) is 0 Å². The molecule has 0 heterocycles. The van der Waals surface area contributed by atoms with E-state index in [-0.39, 0.29) is 21.3 Å². The molecule has 0 unspecified atom stereocenters. The molecule has 128 valence electrons. The zero-order chi connectivity index (χ0) is 16.1. The summed E-state index contributed by atoms with van der Waals surface area (Å²) in [5.74, 6) is 0. The van der Waals surface area contributed by atoms with Crippen molar-refractivity contribution < 1.29 is 18.9 Å². The molecular weight excluding hydrogens is 306 g/mol. The minimum absolute atomic E-state index is 0.0200. The van der Waals surface area contributed by atoms with Crippen LogP contribution in [0.4, 0.5) is 0 Å². The second kappa shape index (κ2) is 13.2. The van der Waals surface area contributed by atoms with Gasteiger partial charge < -0.3 is 18.9 Å². The summed E-state index contributed by atoms with van der Waals surface area (Å²) in [4.78, 5) is 0. The first-order chi connectivity index (χ1) is 9.95. The number of hydrogen-bond donors (Lipinski definition) is 0. The predicted molar refractivity (Wildman–Crippen MR) is 95.1 cm³/mol. The van der Waals surface area contributed by atoms with Crippen molar-refractivity contribution in [3.63, 3.8) is 0 Å². The summed E-state index contributed by atoms with van der Waals surface area (Å²) in [6.07, 6.45) is 2.39. The Morgan fingerprint density at radius 2 is 1.05 bits per heavy atom. The SMILES string of the molecule is COCCOCC(COCCOC)(CP(C)C)CP(C)C.